The van der Waals surface area contributed by atoms with Crippen molar-refractivity contribution in [3.8, 4) is 0 Å². The van der Waals surface area contributed by atoms with Crippen molar-refractivity contribution in [1.82, 2.24) is 20.1 Å². The summed E-state index contributed by atoms with van der Waals surface area (Å²) in [4.78, 5) is 1.18. The first-order valence-corrected chi connectivity index (χ1v) is 7.88. The topological polar surface area (TPSA) is 42.7 Å². The van der Waals surface area contributed by atoms with Gasteiger partial charge in [-0.2, -0.15) is 0 Å². The van der Waals surface area contributed by atoms with Crippen molar-refractivity contribution in [2.24, 2.45) is 7.05 Å². The molecule has 106 valence electrons. The number of nitrogens with one attached hydrogen (secondary N) is 1. The Kier molecular flexibility index (Phi) is 4.01. The zero-order chi connectivity index (χ0) is 14.1. The molecule has 1 fully saturated rings. The molecule has 0 radical (unpaired) electrons. The van der Waals surface area contributed by atoms with Crippen molar-refractivity contribution in [1.29, 1.82) is 0 Å². The highest BCUT2D eigenvalue weighted by Gasteiger charge is 2.21. The van der Waals surface area contributed by atoms with E-state index >= 15 is 0 Å². The van der Waals surface area contributed by atoms with E-state index < -0.39 is 0 Å². The Bertz CT molecular complexity index is 622. The SMILES string of the molecule is Cc1nnc(Sc2ccc(Cl)cc2CNC2CC2)n1C. The number of rotatable bonds is 5. The summed E-state index contributed by atoms with van der Waals surface area (Å²) in [5.74, 6) is 0.916. The van der Waals surface area contributed by atoms with Gasteiger partial charge in [-0.25, -0.2) is 0 Å². The van der Waals surface area contributed by atoms with Crippen molar-refractivity contribution in [2.45, 2.75) is 42.4 Å². The quantitative estimate of drug-likeness (QED) is 0.921. The fourth-order valence-electron chi connectivity index (χ4n) is 1.90. The molecule has 0 saturated heterocycles. The van der Waals surface area contributed by atoms with Crippen LogP contribution in [-0.2, 0) is 13.6 Å². The number of benzene rings is 1. The Labute approximate surface area is 127 Å². The third-order valence-electron chi connectivity index (χ3n) is 3.43. The summed E-state index contributed by atoms with van der Waals surface area (Å²) in [6.07, 6.45) is 2.57. The molecule has 0 spiro atoms. The van der Waals surface area contributed by atoms with Crippen LogP contribution in [-0.4, -0.2) is 20.8 Å². The number of halogens is 1. The summed E-state index contributed by atoms with van der Waals surface area (Å²) < 4.78 is 2.00. The van der Waals surface area contributed by atoms with Crippen LogP contribution in [0.4, 0.5) is 0 Å². The molecular formula is C14H17ClN4S. The maximum atomic E-state index is 6.12. The van der Waals surface area contributed by atoms with E-state index in [9.17, 15) is 0 Å². The van der Waals surface area contributed by atoms with E-state index in [0.717, 1.165) is 22.5 Å². The smallest absolute Gasteiger partial charge is 0.195 e. The molecule has 20 heavy (non-hydrogen) atoms. The minimum absolute atomic E-state index is 0.684. The number of hydrogen-bond acceptors (Lipinski definition) is 4. The lowest BCUT2D eigenvalue weighted by Gasteiger charge is -2.10. The predicted octanol–water partition coefficient (Wildman–Crippen LogP) is 3.18. The molecule has 1 aliphatic rings. The predicted molar refractivity (Wildman–Crippen MR) is 81.2 cm³/mol. The molecule has 6 heteroatoms. The van der Waals surface area contributed by atoms with Crippen molar-refractivity contribution < 1.29 is 0 Å². The first kappa shape index (κ1) is 13.9. The van der Waals surface area contributed by atoms with Gasteiger partial charge >= 0.3 is 0 Å². The number of aromatic nitrogens is 3. The Balaban J connectivity index is 1.81. The molecule has 4 nitrogen and oxygen atoms in total. The molecule has 1 aromatic carbocycles. The maximum Gasteiger partial charge on any atom is 0.195 e. The molecule has 0 atom stereocenters. The number of nitrogens with zero attached hydrogens (tertiary/aromatic N) is 3. The van der Waals surface area contributed by atoms with Crippen LogP contribution in [0.3, 0.4) is 0 Å². The molecule has 0 unspecified atom stereocenters. The van der Waals surface area contributed by atoms with Crippen LogP contribution in [0.1, 0.15) is 24.2 Å². The van der Waals surface area contributed by atoms with Crippen molar-refractivity contribution in [2.75, 3.05) is 0 Å². The standard InChI is InChI=1S/C14H17ClN4S/c1-9-17-18-14(19(9)2)20-13-6-3-11(15)7-10(13)8-16-12-4-5-12/h3,6-7,12,16H,4-5,8H2,1-2H3. The third-order valence-corrected chi connectivity index (χ3v) is 4.83. The van der Waals surface area contributed by atoms with E-state index in [1.807, 2.05) is 30.7 Å². The molecule has 3 rings (SSSR count). The van der Waals surface area contributed by atoms with Gasteiger partial charge in [-0.1, -0.05) is 11.6 Å². The lowest BCUT2D eigenvalue weighted by atomic mass is 10.2. The summed E-state index contributed by atoms with van der Waals surface area (Å²) in [5, 5.41) is 13.5. The normalized spacial score (nSPS) is 14.8. The second kappa shape index (κ2) is 5.76. The molecule has 0 amide bonds. The van der Waals surface area contributed by atoms with Gasteiger partial charge in [0.25, 0.3) is 0 Å². The molecule has 0 aliphatic heterocycles. The van der Waals surface area contributed by atoms with Crippen molar-refractivity contribution in [3.05, 3.63) is 34.6 Å². The summed E-state index contributed by atoms with van der Waals surface area (Å²) >= 11 is 7.75. The molecule has 1 aliphatic carbocycles. The van der Waals surface area contributed by atoms with Gasteiger partial charge in [0.1, 0.15) is 5.82 Å². The van der Waals surface area contributed by atoms with Crippen LogP contribution in [0.5, 0.6) is 0 Å². The van der Waals surface area contributed by atoms with Gasteiger partial charge < -0.3 is 9.88 Å². The van der Waals surface area contributed by atoms with Gasteiger partial charge in [0, 0.05) is 29.6 Å². The van der Waals surface area contributed by atoms with Crippen molar-refractivity contribution >= 4 is 23.4 Å². The van der Waals surface area contributed by atoms with Crippen LogP contribution >= 0.6 is 23.4 Å². The fraction of sp³-hybridized carbons (Fsp3) is 0.429. The average Bonchev–Trinajstić information content (AvgIpc) is 3.21. The van der Waals surface area contributed by atoms with E-state index in [2.05, 4.69) is 21.6 Å². The van der Waals surface area contributed by atoms with Crippen LogP contribution in [0.15, 0.2) is 28.3 Å². The van der Waals surface area contributed by atoms with E-state index in [4.69, 9.17) is 11.6 Å². The molecule has 1 saturated carbocycles. The lowest BCUT2D eigenvalue weighted by Crippen LogP contribution is -2.15. The van der Waals surface area contributed by atoms with Crippen LogP contribution in [0.2, 0.25) is 5.02 Å². The van der Waals surface area contributed by atoms with Crippen LogP contribution in [0.25, 0.3) is 0 Å². The van der Waals surface area contributed by atoms with Crippen LogP contribution in [0, 0.1) is 6.92 Å². The minimum Gasteiger partial charge on any atom is -0.310 e. The summed E-state index contributed by atoms with van der Waals surface area (Å²) in [6, 6.07) is 6.70. The minimum atomic E-state index is 0.684. The van der Waals surface area contributed by atoms with Gasteiger partial charge in [-0.3, -0.25) is 0 Å². The Morgan fingerprint density at radius 3 is 2.85 bits per heavy atom. The van der Waals surface area contributed by atoms with Crippen molar-refractivity contribution in [3.63, 3.8) is 0 Å². The Hall–Kier alpha value is -1.04. The lowest BCUT2D eigenvalue weighted by molar-refractivity contribution is 0.680. The van der Waals surface area contributed by atoms with Gasteiger partial charge in [0.15, 0.2) is 5.16 Å². The van der Waals surface area contributed by atoms with Gasteiger partial charge in [-0.05, 0) is 55.3 Å². The second-order valence-corrected chi connectivity index (χ2v) is 6.54. The maximum absolute atomic E-state index is 6.12. The Morgan fingerprint density at radius 2 is 2.20 bits per heavy atom. The molecular weight excluding hydrogens is 292 g/mol. The first-order chi connectivity index (χ1) is 9.63. The molecule has 2 aromatic rings. The zero-order valence-electron chi connectivity index (χ0n) is 11.6. The highest BCUT2D eigenvalue weighted by molar-refractivity contribution is 7.99. The molecule has 1 aromatic heterocycles. The highest BCUT2D eigenvalue weighted by Crippen LogP contribution is 2.31. The van der Waals surface area contributed by atoms with E-state index in [1.165, 1.54) is 23.3 Å². The zero-order valence-corrected chi connectivity index (χ0v) is 13.1. The van der Waals surface area contributed by atoms with Gasteiger partial charge in [-0.15, -0.1) is 10.2 Å². The van der Waals surface area contributed by atoms with Gasteiger partial charge in [0.05, 0.1) is 0 Å². The van der Waals surface area contributed by atoms with Crippen LogP contribution < -0.4 is 5.32 Å². The van der Waals surface area contributed by atoms with E-state index in [-0.39, 0.29) is 0 Å². The fourth-order valence-corrected chi connectivity index (χ4v) is 3.04. The molecule has 0 bridgehead atoms. The van der Waals surface area contributed by atoms with Gasteiger partial charge in [0.2, 0.25) is 0 Å². The highest BCUT2D eigenvalue weighted by atomic mass is 35.5. The average molecular weight is 309 g/mol. The number of aryl methyl sites for hydroxylation is 1. The summed E-state index contributed by atoms with van der Waals surface area (Å²) in [6.45, 7) is 2.80. The monoisotopic (exact) mass is 308 g/mol. The summed E-state index contributed by atoms with van der Waals surface area (Å²) in [5.41, 5.74) is 1.22. The van der Waals surface area contributed by atoms with E-state index in [1.54, 1.807) is 11.8 Å². The number of hydrogen-bond donors (Lipinski definition) is 1. The third kappa shape index (κ3) is 3.16. The molecule has 1 N–H and O–H groups in total. The Morgan fingerprint density at radius 1 is 1.40 bits per heavy atom. The molecule has 1 heterocycles. The van der Waals surface area contributed by atoms with E-state index in [0.29, 0.717) is 6.04 Å². The first-order valence-electron chi connectivity index (χ1n) is 6.69. The second-order valence-electron chi connectivity index (χ2n) is 5.10. The largest absolute Gasteiger partial charge is 0.310 e. The summed E-state index contributed by atoms with van der Waals surface area (Å²) in [7, 11) is 1.98.